The number of nitrogens with one attached hydrogen (secondary N) is 3. The average molecular weight is 224 g/mol. The first kappa shape index (κ1) is 9.69. The van der Waals surface area contributed by atoms with Gasteiger partial charge in [-0.1, -0.05) is 23.5 Å². The van der Waals surface area contributed by atoms with Crippen LogP contribution in [0.4, 0.5) is 9.93 Å². The minimum absolute atomic E-state index is 0.555. The molecule has 0 radical (unpaired) electrons. The summed E-state index contributed by atoms with van der Waals surface area (Å²) in [5, 5.41) is 8.79. The van der Waals surface area contributed by atoms with Crippen molar-refractivity contribution in [2.45, 2.75) is 0 Å². The second-order valence-electron chi connectivity index (χ2n) is 2.68. The van der Waals surface area contributed by atoms with Gasteiger partial charge in [0.15, 0.2) is 0 Å². The van der Waals surface area contributed by atoms with Crippen LogP contribution in [-0.2, 0) is 0 Å². The van der Waals surface area contributed by atoms with E-state index in [0.29, 0.717) is 5.13 Å². The van der Waals surface area contributed by atoms with E-state index >= 15 is 0 Å². The van der Waals surface area contributed by atoms with Gasteiger partial charge in [-0.25, -0.2) is 20.7 Å². The highest BCUT2D eigenvalue weighted by Crippen LogP contribution is 2.24. The summed E-state index contributed by atoms with van der Waals surface area (Å²) in [7, 11) is 0. The summed E-state index contributed by atoms with van der Waals surface area (Å²) in [6, 6.07) is 6.87. The Balaban J connectivity index is 2.12. The second-order valence-corrected chi connectivity index (χ2v) is 3.71. The second kappa shape index (κ2) is 4.11. The molecule has 78 valence electrons. The Hall–Kier alpha value is -1.86. The van der Waals surface area contributed by atoms with Gasteiger partial charge in [-0.05, 0) is 12.1 Å². The van der Waals surface area contributed by atoms with Crippen LogP contribution >= 0.6 is 11.3 Å². The Kier molecular flexibility index (Phi) is 2.66. The zero-order valence-corrected chi connectivity index (χ0v) is 8.34. The van der Waals surface area contributed by atoms with Crippen LogP contribution in [0.2, 0.25) is 0 Å². The Morgan fingerprint density at radius 1 is 1.40 bits per heavy atom. The molecule has 4 N–H and O–H groups in total. The van der Waals surface area contributed by atoms with Crippen molar-refractivity contribution in [2.75, 3.05) is 5.43 Å². The molecular formula is C8H8N4O2S. The number of carbonyl (C=O) groups is 1. The summed E-state index contributed by atoms with van der Waals surface area (Å²) in [4.78, 5) is 14.8. The molecule has 1 aromatic heterocycles. The molecular weight excluding hydrogens is 216 g/mol. The minimum atomic E-state index is -0.741. The summed E-state index contributed by atoms with van der Waals surface area (Å²) >= 11 is 1.40. The lowest BCUT2D eigenvalue weighted by molar-refractivity contribution is 0.163. The van der Waals surface area contributed by atoms with Gasteiger partial charge in [-0.15, -0.1) is 0 Å². The summed E-state index contributed by atoms with van der Waals surface area (Å²) in [5.74, 6) is 0. The van der Waals surface area contributed by atoms with Gasteiger partial charge in [0, 0.05) is 0 Å². The molecule has 2 rings (SSSR count). The first-order valence-electron chi connectivity index (χ1n) is 4.11. The highest BCUT2D eigenvalue weighted by atomic mass is 32.1. The van der Waals surface area contributed by atoms with Crippen molar-refractivity contribution < 1.29 is 10.0 Å². The van der Waals surface area contributed by atoms with Crippen molar-refractivity contribution in [3.8, 4) is 0 Å². The van der Waals surface area contributed by atoms with Gasteiger partial charge in [0.05, 0.1) is 10.2 Å². The van der Waals surface area contributed by atoms with E-state index in [1.54, 1.807) is 0 Å². The number of rotatable bonds is 2. The topological polar surface area (TPSA) is 86.3 Å². The number of carbonyl (C=O) groups excluding carboxylic acids is 1. The number of fused-ring (bicyclic) bond motifs is 1. The summed E-state index contributed by atoms with van der Waals surface area (Å²) in [6.45, 7) is 0. The molecule has 7 heteroatoms. The highest BCUT2D eigenvalue weighted by molar-refractivity contribution is 7.22. The SMILES string of the molecule is O=C(NO)NNc1nc2ccccc2s1. The zero-order chi connectivity index (χ0) is 10.7. The van der Waals surface area contributed by atoms with Crippen molar-refractivity contribution >= 4 is 32.7 Å². The number of aromatic nitrogens is 1. The quantitative estimate of drug-likeness (QED) is 0.457. The van der Waals surface area contributed by atoms with Crippen molar-refractivity contribution in [1.29, 1.82) is 0 Å². The fourth-order valence-electron chi connectivity index (χ4n) is 1.06. The molecule has 6 nitrogen and oxygen atoms in total. The number of nitrogens with zero attached hydrogens (tertiary/aromatic N) is 1. The van der Waals surface area contributed by atoms with E-state index in [9.17, 15) is 4.79 Å². The van der Waals surface area contributed by atoms with Gasteiger partial charge in [-0.3, -0.25) is 10.6 Å². The van der Waals surface area contributed by atoms with Crippen molar-refractivity contribution in [1.82, 2.24) is 15.9 Å². The Labute approximate surface area is 88.9 Å². The van der Waals surface area contributed by atoms with Crippen molar-refractivity contribution in [3.05, 3.63) is 24.3 Å². The van der Waals surface area contributed by atoms with Crippen LogP contribution in [-0.4, -0.2) is 16.2 Å². The number of hydroxylamine groups is 1. The standard InChI is InChI=1S/C8H8N4O2S/c13-7(12-14)10-11-8-9-5-3-1-2-4-6(5)15-8/h1-4,14H,(H,9,11)(H2,10,12,13). The van der Waals surface area contributed by atoms with E-state index in [-0.39, 0.29) is 0 Å². The smallest absolute Gasteiger partial charge is 0.287 e. The average Bonchev–Trinajstić information content (AvgIpc) is 2.68. The van der Waals surface area contributed by atoms with Gasteiger partial charge in [0.1, 0.15) is 0 Å². The number of thiazole rings is 1. The summed E-state index contributed by atoms with van der Waals surface area (Å²) in [5.41, 5.74) is 7.07. The van der Waals surface area contributed by atoms with E-state index in [1.165, 1.54) is 16.8 Å². The fourth-order valence-corrected chi connectivity index (χ4v) is 1.88. The Morgan fingerprint density at radius 2 is 2.20 bits per heavy atom. The number of anilines is 1. The highest BCUT2D eigenvalue weighted by Gasteiger charge is 2.03. The van der Waals surface area contributed by atoms with E-state index in [0.717, 1.165) is 10.2 Å². The van der Waals surface area contributed by atoms with Gasteiger partial charge >= 0.3 is 6.03 Å². The minimum Gasteiger partial charge on any atom is -0.287 e. The van der Waals surface area contributed by atoms with Gasteiger partial charge in [-0.2, -0.15) is 0 Å². The fraction of sp³-hybridized carbons (Fsp3) is 0. The van der Waals surface area contributed by atoms with Crippen molar-refractivity contribution in [2.24, 2.45) is 0 Å². The van der Waals surface area contributed by atoms with Crippen LogP contribution in [0.25, 0.3) is 10.2 Å². The number of urea groups is 1. The summed E-state index contributed by atoms with van der Waals surface area (Å²) in [6.07, 6.45) is 0. The van der Waals surface area contributed by atoms with Gasteiger partial charge < -0.3 is 0 Å². The third kappa shape index (κ3) is 2.14. The van der Waals surface area contributed by atoms with Crippen LogP contribution in [0.15, 0.2) is 24.3 Å². The Morgan fingerprint density at radius 3 is 2.93 bits per heavy atom. The number of amides is 2. The molecule has 0 aliphatic heterocycles. The van der Waals surface area contributed by atoms with E-state index < -0.39 is 6.03 Å². The van der Waals surface area contributed by atoms with Crippen LogP contribution in [0.1, 0.15) is 0 Å². The number of benzene rings is 1. The monoisotopic (exact) mass is 224 g/mol. The van der Waals surface area contributed by atoms with E-state index in [4.69, 9.17) is 5.21 Å². The first-order valence-corrected chi connectivity index (χ1v) is 4.93. The number of hydrogen-bond donors (Lipinski definition) is 4. The Bertz CT molecular complexity index is 451. The van der Waals surface area contributed by atoms with E-state index in [1.807, 2.05) is 24.3 Å². The van der Waals surface area contributed by atoms with Crippen LogP contribution in [0, 0.1) is 0 Å². The third-order valence-electron chi connectivity index (χ3n) is 1.68. The largest absolute Gasteiger partial charge is 0.357 e. The molecule has 0 fully saturated rings. The molecule has 0 aliphatic carbocycles. The van der Waals surface area contributed by atoms with Gasteiger partial charge in [0.2, 0.25) is 5.13 Å². The molecule has 2 amide bonds. The number of hydrogen-bond acceptors (Lipinski definition) is 5. The summed E-state index contributed by atoms with van der Waals surface area (Å²) < 4.78 is 1.02. The number of hydrazine groups is 1. The first-order chi connectivity index (χ1) is 7.29. The molecule has 15 heavy (non-hydrogen) atoms. The van der Waals surface area contributed by atoms with Crippen molar-refractivity contribution in [3.63, 3.8) is 0 Å². The lowest BCUT2D eigenvalue weighted by Crippen LogP contribution is -2.37. The zero-order valence-electron chi connectivity index (χ0n) is 7.52. The lowest BCUT2D eigenvalue weighted by atomic mass is 10.3. The maximum absolute atomic E-state index is 10.6. The lowest BCUT2D eigenvalue weighted by Gasteiger charge is -2.01. The molecule has 2 aromatic rings. The normalized spacial score (nSPS) is 9.93. The molecule has 1 heterocycles. The maximum atomic E-state index is 10.6. The number of para-hydroxylation sites is 1. The molecule has 0 aliphatic rings. The predicted molar refractivity (Wildman–Crippen MR) is 56.7 cm³/mol. The van der Waals surface area contributed by atoms with Crippen LogP contribution in [0.3, 0.4) is 0 Å². The molecule has 1 aromatic carbocycles. The van der Waals surface area contributed by atoms with Crippen LogP contribution in [0.5, 0.6) is 0 Å². The predicted octanol–water partition coefficient (Wildman–Crippen LogP) is 1.31. The molecule has 0 unspecified atom stereocenters. The van der Waals surface area contributed by atoms with Gasteiger partial charge in [0.25, 0.3) is 0 Å². The van der Waals surface area contributed by atoms with Crippen LogP contribution < -0.4 is 16.3 Å². The molecule has 0 spiro atoms. The molecule has 0 saturated heterocycles. The van der Waals surface area contributed by atoms with E-state index in [2.05, 4.69) is 15.8 Å². The molecule has 0 atom stereocenters. The maximum Gasteiger partial charge on any atom is 0.357 e. The molecule has 0 bridgehead atoms. The molecule has 0 saturated carbocycles. The third-order valence-corrected chi connectivity index (χ3v) is 2.63.